The number of benzene rings is 1. The number of rotatable bonds is 6. The lowest BCUT2D eigenvalue weighted by Crippen LogP contribution is -2.52. The van der Waals surface area contributed by atoms with E-state index >= 15 is 0 Å². The maximum atomic E-state index is 12.4. The molecule has 0 unspecified atom stereocenters. The van der Waals surface area contributed by atoms with Crippen molar-refractivity contribution < 1.29 is 19.4 Å². The van der Waals surface area contributed by atoms with Crippen molar-refractivity contribution in [1.29, 1.82) is 0 Å². The van der Waals surface area contributed by atoms with E-state index in [1.807, 2.05) is 6.07 Å². The fourth-order valence-electron chi connectivity index (χ4n) is 3.15. The number of amides is 1. The number of ether oxygens (including phenoxy) is 1. The van der Waals surface area contributed by atoms with E-state index in [0.29, 0.717) is 5.56 Å². The molecule has 1 amide bonds. The van der Waals surface area contributed by atoms with Crippen LogP contribution in [-0.2, 0) is 9.53 Å². The van der Waals surface area contributed by atoms with Crippen molar-refractivity contribution >= 4 is 11.9 Å². The summed E-state index contributed by atoms with van der Waals surface area (Å²) in [6.45, 7) is 3.50. The minimum absolute atomic E-state index is 0.0135. The Morgan fingerprint density at radius 3 is 2.33 bits per heavy atom. The summed E-state index contributed by atoms with van der Waals surface area (Å²) < 4.78 is 5.25. The topological polar surface area (TPSA) is 75.6 Å². The monoisotopic (exact) mass is 333 g/mol. The second-order valence-electron chi connectivity index (χ2n) is 6.69. The van der Waals surface area contributed by atoms with Gasteiger partial charge in [0.1, 0.15) is 0 Å². The third kappa shape index (κ3) is 5.06. The quantitative estimate of drug-likeness (QED) is 0.785. The third-order valence-corrected chi connectivity index (χ3v) is 4.40. The standard InChI is InChI=1S/C19H27NO4/c1-13(2)24-19(23)16(17(21)14-9-5-3-6-10-14)20-18(22)15-11-7-4-8-12-15/h4,7-8,11-14,16-17,21H,3,5-6,9-10H2,1-2H3,(H,20,22)/t16-,17-/m1/s1. The van der Waals surface area contributed by atoms with Crippen molar-refractivity contribution in [3.05, 3.63) is 35.9 Å². The maximum absolute atomic E-state index is 12.4. The molecule has 1 aliphatic rings. The number of carbonyl (C=O) groups is 2. The van der Waals surface area contributed by atoms with Gasteiger partial charge in [0.25, 0.3) is 5.91 Å². The van der Waals surface area contributed by atoms with E-state index in [9.17, 15) is 14.7 Å². The summed E-state index contributed by atoms with van der Waals surface area (Å²) in [6.07, 6.45) is 3.75. The first-order valence-corrected chi connectivity index (χ1v) is 8.73. The van der Waals surface area contributed by atoms with Gasteiger partial charge in [-0.05, 0) is 44.7 Å². The lowest BCUT2D eigenvalue weighted by molar-refractivity contribution is -0.154. The Kier molecular flexibility index (Phi) is 6.79. The van der Waals surface area contributed by atoms with Crippen molar-refractivity contribution in [2.75, 3.05) is 0 Å². The molecule has 0 saturated heterocycles. The first kappa shape index (κ1) is 18.5. The van der Waals surface area contributed by atoms with Crippen LogP contribution in [0.3, 0.4) is 0 Å². The lowest BCUT2D eigenvalue weighted by Gasteiger charge is -2.32. The summed E-state index contributed by atoms with van der Waals surface area (Å²) in [5.41, 5.74) is 0.454. The zero-order chi connectivity index (χ0) is 17.5. The molecule has 1 aliphatic carbocycles. The van der Waals surface area contributed by atoms with Gasteiger partial charge in [-0.2, -0.15) is 0 Å². The van der Waals surface area contributed by atoms with Crippen molar-refractivity contribution in [3.63, 3.8) is 0 Å². The van der Waals surface area contributed by atoms with Crippen LogP contribution in [0.4, 0.5) is 0 Å². The van der Waals surface area contributed by atoms with E-state index in [4.69, 9.17) is 4.74 Å². The van der Waals surface area contributed by atoms with Gasteiger partial charge in [-0.25, -0.2) is 4.79 Å². The molecule has 2 N–H and O–H groups in total. The Morgan fingerprint density at radius 1 is 1.12 bits per heavy atom. The molecular weight excluding hydrogens is 306 g/mol. The highest BCUT2D eigenvalue weighted by molar-refractivity contribution is 5.96. The largest absolute Gasteiger partial charge is 0.461 e. The van der Waals surface area contributed by atoms with Gasteiger partial charge in [-0.1, -0.05) is 37.5 Å². The molecule has 0 heterocycles. The molecule has 0 aliphatic heterocycles. The van der Waals surface area contributed by atoms with Crippen molar-refractivity contribution in [2.24, 2.45) is 5.92 Å². The van der Waals surface area contributed by atoms with E-state index in [0.717, 1.165) is 32.1 Å². The summed E-state index contributed by atoms with van der Waals surface area (Å²) in [6, 6.07) is 7.64. The van der Waals surface area contributed by atoms with E-state index in [1.54, 1.807) is 38.1 Å². The highest BCUT2D eigenvalue weighted by Crippen LogP contribution is 2.28. The predicted molar refractivity (Wildman–Crippen MR) is 91.5 cm³/mol. The molecule has 5 nitrogen and oxygen atoms in total. The van der Waals surface area contributed by atoms with Gasteiger partial charge in [0, 0.05) is 5.56 Å². The molecule has 2 atom stereocenters. The van der Waals surface area contributed by atoms with E-state index < -0.39 is 18.1 Å². The Morgan fingerprint density at radius 2 is 1.75 bits per heavy atom. The summed E-state index contributed by atoms with van der Waals surface area (Å²) >= 11 is 0. The number of hydrogen-bond donors (Lipinski definition) is 2. The Bertz CT molecular complexity index is 538. The molecule has 1 aromatic carbocycles. The van der Waals surface area contributed by atoms with Crippen molar-refractivity contribution in [2.45, 2.75) is 64.2 Å². The molecule has 1 fully saturated rings. The van der Waals surface area contributed by atoms with Crippen LogP contribution in [0.25, 0.3) is 0 Å². The van der Waals surface area contributed by atoms with E-state index in [1.165, 1.54) is 0 Å². The average molecular weight is 333 g/mol. The minimum Gasteiger partial charge on any atom is -0.461 e. The highest BCUT2D eigenvalue weighted by Gasteiger charge is 2.36. The number of carbonyl (C=O) groups excluding carboxylic acids is 2. The summed E-state index contributed by atoms with van der Waals surface area (Å²) in [4.78, 5) is 24.8. The van der Waals surface area contributed by atoms with Crippen LogP contribution in [0.15, 0.2) is 30.3 Å². The minimum atomic E-state index is -1.04. The molecule has 0 spiro atoms. The first-order valence-electron chi connectivity index (χ1n) is 8.73. The normalized spacial score (nSPS) is 18.0. The number of hydrogen-bond acceptors (Lipinski definition) is 4. The first-order chi connectivity index (χ1) is 11.5. The Hall–Kier alpha value is -1.88. The van der Waals surface area contributed by atoms with Crippen LogP contribution in [0.5, 0.6) is 0 Å². The summed E-state index contributed by atoms with van der Waals surface area (Å²) in [5, 5.41) is 13.4. The summed E-state index contributed by atoms with van der Waals surface area (Å²) in [5.74, 6) is -0.942. The van der Waals surface area contributed by atoms with Crippen LogP contribution in [0, 0.1) is 5.92 Å². The van der Waals surface area contributed by atoms with Gasteiger partial charge in [0.15, 0.2) is 6.04 Å². The molecule has 5 heteroatoms. The molecule has 132 valence electrons. The van der Waals surface area contributed by atoms with Gasteiger partial charge >= 0.3 is 5.97 Å². The fraction of sp³-hybridized carbons (Fsp3) is 0.579. The Labute approximate surface area is 143 Å². The number of nitrogens with one attached hydrogen (secondary N) is 1. The average Bonchev–Trinajstić information content (AvgIpc) is 2.59. The van der Waals surface area contributed by atoms with Gasteiger partial charge < -0.3 is 15.2 Å². The second-order valence-corrected chi connectivity index (χ2v) is 6.69. The van der Waals surface area contributed by atoms with Crippen LogP contribution in [0.2, 0.25) is 0 Å². The predicted octanol–water partition coefficient (Wildman–Crippen LogP) is 2.68. The van der Waals surface area contributed by atoms with Crippen LogP contribution in [-0.4, -0.2) is 35.2 Å². The van der Waals surface area contributed by atoms with Crippen molar-refractivity contribution in [1.82, 2.24) is 5.32 Å². The van der Waals surface area contributed by atoms with E-state index in [-0.39, 0.29) is 17.9 Å². The zero-order valence-corrected chi connectivity index (χ0v) is 14.4. The molecule has 0 radical (unpaired) electrons. The molecule has 1 saturated carbocycles. The van der Waals surface area contributed by atoms with Gasteiger partial charge in [0.05, 0.1) is 12.2 Å². The smallest absolute Gasteiger partial charge is 0.331 e. The molecule has 24 heavy (non-hydrogen) atoms. The lowest BCUT2D eigenvalue weighted by atomic mass is 9.82. The third-order valence-electron chi connectivity index (χ3n) is 4.40. The Balaban J connectivity index is 2.12. The number of esters is 1. The molecule has 1 aromatic rings. The zero-order valence-electron chi connectivity index (χ0n) is 14.4. The van der Waals surface area contributed by atoms with Crippen LogP contribution >= 0.6 is 0 Å². The van der Waals surface area contributed by atoms with Gasteiger partial charge in [-0.3, -0.25) is 4.79 Å². The van der Waals surface area contributed by atoms with Crippen molar-refractivity contribution in [3.8, 4) is 0 Å². The SMILES string of the molecule is CC(C)OC(=O)[C@H](NC(=O)c1ccccc1)[C@H](O)C1CCCCC1. The number of aliphatic hydroxyl groups excluding tert-OH is 1. The maximum Gasteiger partial charge on any atom is 0.331 e. The molecule has 2 rings (SSSR count). The number of aliphatic hydroxyl groups is 1. The van der Waals surface area contributed by atoms with E-state index in [2.05, 4.69) is 5.32 Å². The van der Waals surface area contributed by atoms with Crippen LogP contribution < -0.4 is 5.32 Å². The van der Waals surface area contributed by atoms with Gasteiger partial charge in [-0.15, -0.1) is 0 Å². The molecule has 0 bridgehead atoms. The fourth-order valence-corrected chi connectivity index (χ4v) is 3.15. The van der Waals surface area contributed by atoms with Gasteiger partial charge in [0.2, 0.25) is 0 Å². The van der Waals surface area contributed by atoms with Crippen LogP contribution in [0.1, 0.15) is 56.3 Å². The molecular formula is C19H27NO4. The summed E-state index contributed by atoms with van der Waals surface area (Å²) in [7, 11) is 0. The second kappa shape index (κ2) is 8.83. The highest BCUT2D eigenvalue weighted by atomic mass is 16.5. The molecule has 0 aromatic heterocycles.